The molecule has 0 atom stereocenters. The van der Waals surface area contributed by atoms with E-state index in [-0.39, 0.29) is 0 Å². The smallest absolute Gasteiger partial charge is 0.106 e. The molecule has 14 heavy (non-hydrogen) atoms. The Bertz CT molecular complexity index is 294. The first-order valence-corrected chi connectivity index (χ1v) is 5.64. The zero-order chi connectivity index (χ0) is 10.6. The minimum Gasteiger partial charge on any atom is -0.398 e. The fraction of sp³-hybridized carbons (Fsp3) is 0.455. The summed E-state index contributed by atoms with van der Waals surface area (Å²) >= 11 is 1.61. The number of hydrogen-bond acceptors (Lipinski definition) is 2. The van der Waals surface area contributed by atoms with E-state index in [1.165, 1.54) is 0 Å². The second-order valence-electron chi connectivity index (χ2n) is 3.85. The number of thioether (sulfide) groups is 1. The molecule has 0 heterocycles. The van der Waals surface area contributed by atoms with Crippen molar-refractivity contribution >= 4 is 17.4 Å². The summed E-state index contributed by atoms with van der Waals surface area (Å²) in [5.74, 6) is 0.762. The molecule has 0 aliphatic rings. The first-order chi connectivity index (χ1) is 6.49. The van der Waals surface area contributed by atoms with Crippen LogP contribution in [0.5, 0.6) is 0 Å². The highest BCUT2D eigenvalue weighted by molar-refractivity contribution is 7.99. The molecule has 78 valence electrons. The molecule has 2 N–H and O–H groups in total. The second kappa shape index (κ2) is 4.69. The summed E-state index contributed by atoms with van der Waals surface area (Å²) in [5, 5.41) is 0. The van der Waals surface area contributed by atoms with Gasteiger partial charge >= 0.3 is 0 Å². The van der Waals surface area contributed by atoms with Crippen molar-refractivity contribution in [3.8, 4) is 0 Å². The van der Waals surface area contributed by atoms with Gasteiger partial charge in [0.05, 0.1) is 0 Å². The minimum absolute atomic E-state index is 0.548. The molecule has 0 aliphatic carbocycles. The summed E-state index contributed by atoms with van der Waals surface area (Å²) in [7, 11) is 0. The molecular weight excluding hydrogens is 197 g/mol. The number of anilines is 1. The number of rotatable bonds is 4. The molecule has 0 fully saturated rings. The van der Waals surface area contributed by atoms with E-state index in [1.54, 1.807) is 25.6 Å². The lowest BCUT2D eigenvalue weighted by molar-refractivity contribution is 0.212. The third-order valence-electron chi connectivity index (χ3n) is 1.87. The third kappa shape index (κ3) is 4.01. The van der Waals surface area contributed by atoms with Crippen molar-refractivity contribution in [3.05, 3.63) is 24.3 Å². The van der Waals surface area contributed by atoms with Crippen LogP contribution >= 0.6 is 11.8 Å². The Balaban J connectivity index is 2.43. The minimum atomic E-state index is -1.09. The van der Waals surface area contributed by atoms with Gasteiger partial charge in [-0.05, 0) is 32.4 Å². The molecule has 0 unspecified atom stereocenters. The van der Waals surface area contributed by atoms with Crippen LogP contribution in [-0.4, -0.2) is 11.4 Å². The number of para-hydroxylation sites is 1. The van der Waals surface area contributed by atoms with E-state index in [4.69, 9.17) is 5.73 Å². The quantitative estimate of drug-likeness (QED) is 0.612. The Kier molecular flexibility index (Phi) is 3.81. The van der Waals surface area contributed by atoms with Crippen LogP contribution in [0.3, 0.4) is 0 Å². The van der Waals surface area contributed by atoms with Crippen molar-refractivity contribution in [1.29, 1.82) is 0 Å². The molecule has 0 aromatic heterocycles. The number of nitrogens with two attached hydrogens (primary N) is 1. The molecule has 1 aromatic rings. The maximum atomic E-state index is 13.1. The van der Waals surface area contributed by atoms with Crippen LogP contribution in [0, 0.1) is 0 Å². The van der Waals surface area contributed by atoms with Crippen molar-refractivity contribution in [2.75, 3.05) is 11.5 Å². The molecular formula is C11H16FNS. The van der Waals surface area contributed by atoms with Gasteiger partial charge in [0, 0.05) is 16.3 Å². The fourth-order valence-corrected chi connectivity index (χ4v) is 2.23. The van der Waals surface area contributed by atoms with Gasteiger partial charge in [-0.3, -0.25) is 0 Å². The van der Waals surface area contributed by atoms with Crippen LogP contribution < -0.4 is 5.73 Å². The summed E-state index contributed by atoms with van der Waals surface area (Å²) < 4.78 is 13.1. The van der Waals surface area contributed by atoms with Gasteiger partial charge in [0.15, 0.2) is 0 Å². The highest BCUT2D eigenvalue weighted by Crippen LogP contribution is 2.27. The van der Waals surface area contributed by atoms with Crippen LogP contribution in [0.2, 0.25) is 0 Å². The monoisotopic (exact) mass is 213 g/mol. The van der Waals surface area contributed by atoms with E-state index in [2.05, 4.69) is 0 Å². The first-order valence-electron chi connectivity index (χ1n) is 4.65. The van der Waals surface area contributed by atoms with Gasteiger partial charge in [-0.25, -0.2) is 4.39 Å². The molecule has 1 rings (SSSR count). The van der Waals surface area contributed by atoms with E-state index in [0.29, 0.717) is 6.42 Å². The molecule has 1 aromatic carbocycles. The highest BCUT2D eigenvalue weighted by Gasteiger charge is 2.14. The molecule has 0 amide bonds. The lowest BCUT2D eigenvalue weighted by atomic mass is 10.1. The van der Waals surface area contributed by atoms with Gasteiger partial charge in [-0.15, -0.1) is 11.8 Å². The topological polar surface area (TPSA) is 26.0 Å². The van der Waals surface area contributed by atoms with Gasteiger partial charge in [-0.1, -0.05) is 12.1 Å². The second-order valence-corrected chi connectivity index (χ2v) is 4.99. The third-order valence-corrected chi connectivity index (χ3v) is 2.96. The lowest BCUT2D eigenvalue weighted by Crippen LogP contribution is -2.12. The molecule has 0 aliphatic heterocycles. The Hall–Kier alpha value is -0.700. The van der Waals surface area contributed by atoms with Crippen molar-refractivity contribution in [2.24, 2.45) is 0 Å². The van der Waals surface area contributed by atoms with E-state index < -0.39 is 5.67 Å². The van der Waals surface area contributed by atoms with E-state index in [1.807, 2.05) is 24.3 Å². The molecule has 1 nitrogen and oxygen atoms in total. The van der Waals surface area contributed by atoms with Crippen LogP contribution in [0.1, 0.15) is 20.3 Å². The SMILES string of the molecule is CC(C)(F)CCSc1ccccc1N. The Morgan fingerprint density at radius 1 is 1.36 bits per heavy atom. The highest BCUT2D eigenvalue weighted by atomic mass is 32.2. The van der Waals surface area contributed by atoms with Crippen LogP contribution in [0.4, 0.5) is 10.1 Å². The van der Waals surface area contributed by atoms with Gasteiger partial charge in [0.2, 0.25) is 0 Å². The van der Waals surface area contributed by atoms with Gasteiger partial charge in [-0.2, -0.15) is 0 Å². The Labute approximate surface area is 88.9 Å². The van der Waals surface area contributed by atoms with E-state index in [0.717, 1.165) is 16.3 Å². The number of hydrogen-bond donors (Lipinski definition) is 1. The predicted molar refractivity (Wildman–Crippen MR) is 61.4 cm³/mol. The summed E-state index contributed by atoms with van der Waals surface area (Å²) in [6.07, 6.45) is 0.548. The molecule has 0 bridgehead atoms. The molecule has 0 spiro atoms. The molecule has 0 saturated carbocycles. The average Bonchev–Trinajstić information content (AvgIpc) is 2.06. The lowest BCUT2D eigenvalue weighted by Gasteiger charge is -2.13. The summed E-state index contributed by atoms with van der Waals surface area (Å²) in [6.45, 7) is 3.20. The average molecular weight is 213 g/mol. The van der Waals surface area contributed by atoms with Crippen LogP contribution in [-0.2, 0) is 0 Å². The van der Waals surface area contributed by atoms with Crippen molar-refractivity contribution in [2.45, 2.75) is 30.8 Å². The maximum Gasteiger partial charge on any atom is 0.106 e. The van der Waals surface area contributed by atoms with E-state index >= 15 is 0 Å². The summed E-state index contributed by atoms with van der Waals surface area (Å²) in [4.78, 5) is 1.04. The van der Waals surface area contributed by atoms with Gasteiger partial charge < -0.3 is 5.73 Å². The Morgan fingerprint density at radius 2 is 2.00 bits per heavy atom. The summed E-state index contributed by atoms with van der Waals surface area (Å²) in [6, 6.07) is 7.67. The Morgan fingerprint density at radius 3 is 2.57 bits per heavy atom. The van der Waals surface area contributed by atoms with E-state index in [9.17, 15) is 4.39 Å². The zero-order valence-corrected chi connectivity index (χ0v) is 9.40. The predicted octanol–water partition coefficient (Wildman–Crippen LogP) is 3.50. The normalized spacial score (nSPS) is 11.6. The molecule has 0 radical (unpaired) electrons. The number of alkyl halides is 1. The van der Waals surface area contributed by atoms with Crippen LogP contribution in [0.25, 0.3) is 0 Å². The van der Waals surface area contributed by atoms with Crippen molar-refractivity contribution in [3.63, 3.8) is 0 Å². The summed E-state index contributed by atoms with van der Waals surface area (Å²) in [5.41, 5.74) is 5.44. The van der Waals surface area contributed by atoms with Crippen molar-refractivity contribution < 1.29 is 4.39 Å². The molecule has 3 heteroatoms. The van der Waals surface area contributed by atoms with Crippen molar-refractivity contribution in [1.82, 2.24) is 0 Å². The van der Waals surface area contributed by atoms with Gasteiger partial charge in [0.25, 0.3) is 0 Å². The zero-order valence-electron chi connectivity index (χ0n) is 8.59. The van der Waals surface area contributed by atoms with Gasteiger partial charge in [0.1, 0.15) is 5.67 Å². The number of halogens is 1. The standard InChI is InChI=1S/C11H16FNS/c1-11(2,12)7-8-14-10-6-4-3-5-9(10)13/h3-6H,7-8,13H2,1-2H3. The first kappa shape index (κ1) is 11.4. The maximum absolute atomic E-state index is 13.1. The number of nitrogen functional groups attached to an aromatic ring is 1. The van der Waals surface area contributed by atoms with Crippen LogP contribution in [0.15, 0.2) is 29.2 Å². The number of benzene rings is 1. The fourth-order valence-electron chi connectivity index (χ4n) is 1.02. The molecule has 0 saturated heterocycles. The largest absolute Gasteiger partial charge is 0.398 e.